The number of aromatic nitrogens is 4. The van der Waals surface area contributed by atoms with Gasteiger partial charge in [-0.2, -0.15) is 13.2 Å². The predicted octanol–water partition coefficient (Wildman–Crippen LogP) is 3.77. The number of H-pyrrole nitrogens is 1. The SMILES string of the molecule is FC(F)(F)c1nc2ccc(Nc3ncncc3Cl)cc2[nH]1. The van der Waals surface area contributed by atoms with Crippen molar-refractivity contribution in [2.45, 2.75) is 6.18 Å². The van der Waals surface area contributed by atoms with E-state index >= 15 is 0 Å². The average Bonchev–Trinajstić information content (AvgIpc) is 2.84. The largest absolute Gasteiger partial charge is 0.449 e. The minimum absolute atomic E-state index is 0.224. The van der Waals surface area contributed by atoms with Crippen molar-refractivity contribution in [2.75, 3.05) is 5.32 Å². The number of benzene rings is 1. The van der Waals surface area contributed by atoms with Crippen molar-refractivity contribution in [3.05, 3.63) is 41.6 Å². The molecule has 0 radical (unpaired) electrons. The molecule has 0 aliphatic carbocycles. The van der Waals surface area contributed by atoms with Gasteiger partial charge < -0.3 is 10.3 Å². The van der Waals surface area contributed by atoms with Crippen LogP contribution in [0.5, 0.6) is 0 Å². The second-order valence-electron chi connectivity index (χ2n) is 4.16. The summed E-state index contributed by atoms with van der Waals surface area (Å²) in [4.78, 5) is 13.4. The second kappa shape index (κ2) is 4.88. The first-order valence-electron chi connectivity index (χ1n) is 5.73. The Morgan fingerprint density at radius 3 is 2.76 bits per heavy atom. The standard InChI is InChI=1S/C12H7ClF3N5/c13-7-4-17-5-18-10(7)19-6-1-2-8-9(3-6)21-11(20-8)12(14,15)16/h1-5H,(H,20,21)(H,17,18,19). The van der Waals surface area contributed by atoms with Crippen LogP contribution in [0.2, 0.25) is 5.02 Å². The van der Waals surface area contributed by atoms with E-state index in [0.29, 0.717) is 16.5 Å². The highest BCUT2D eigenvalue weighted by molar-refractivity contribution is 6.32. The Morgan fingerprint density at radius 1 is 1.24 bits per heavy atom. The summed E-state index contributed by atoms with van der Waals surface area (Å²) < 4.78 is 37.7. The van der Waals surface area contributed by atoms with Gasteiger partial charge in [0.1, 0.15) is 11.3 Å². The van der Waals surface area contributed by atoms with E-state index in [1.54, 1.807) is 6.07 Å². The summed E-state index contributed by atoms with van der Waals surface area (Å²) in [5.41, 5.74) is 1.01. The van der Waals surface area contributed by atoms with Crippen LogP contribution in [-0.4, -0.2) is 19.9 Å². The minimum Gasteiger partial charge on any atom is -0.339 e. The van der Waals surface area contributed by atoms with Gasteiger partial charge >= 0.3 is 6.18 Å². The van der Waals surface area contributed by atoms with E-state index in [1.807, 2.05) is 0 Å². The maximum Gasteiger partial charge on any atom is 0.449 e. The summed E-state index contributed by atoms with van der Waals surface area (Å²) in [5, 5.41) is 3.20. The molecule has 108 valence electrons. The molecule has 2 aromatic heterocycles. The molecule has 0 aliphatic heterocycles. The Balaban J connectivity index is 1.96. The Kier molecular flexibility index (Phi) is 3.17. The van der Waals surface area contributed by atoms with Crippen molar-refractivity contribution in [1.82, 2.24) is 19.9 Å². The number of nitrogens with zero attached hydrogens (tertiary/aromatic N) is 3. The van der Waals surface area contributed by atoms with Crippen LogP contribution in [0.3, 0.4) is 0 Å². The molecule has 0 saturated carbocycles. The summed E-state index contributed by atoms with van der Waals surface area (Å²) in [6.45, 7) is 0. The number of rotatable bonds is 2. The van der Waals surface area contributed by atoms with E-state index in [9.17, 15) is 13.2 Å². The van der Waals surface area contributed by atoms with Gasteiger partial charge in [0.15, 0.2) is 5.82 Å². The first kappa shape index (κ1) is 13.6. The third kappa shape index (κ3) is 2.75. The average molecular weight is 314 g/mol. The molecule has 0 unspecified atom stereocenters. The third-order valence-electron chi connectivity index (χ3n) is 2.68. The first-order chi connectivity index (χ1) is 9.93. The number of alkyl halides is 3. The summed E-state index contributed by atoms with van der Waals surface area (Å²) in [6.07, 6.45) is -1.79. The van der Waals surface area contributed by atoms with E-state index in [1.165, 1.54) is 24.7 Å². The molecule has 0 spiro atoms. The number of imidazole rings is 1. The number of aromatic amines is 1. The number of nitrogens with one attached hydrogen (secondary N) is 2. The van der Waals surface area contributed by atoms with E-state index in [0.717, 1.165) is 0 Å². The molecule has 2 heterocycles. The van der Waals surface area contributed by atoms with Gasteiger partial charge in [-0.3, -0.25) is 0 Å². The lowest BCUT2D eigenvalue weighted by molar-refractivity contribution is -0.144. The molecule has 0 fully saturated rings. The second-order valence-corrected chi connectivity index (χ2v) is 4.57. The zero-order valence-corrected chi connectivity index (χ0v) is 11.0. The van der Waals surface area contributed by atoms with E-state index in [4.69, 9.17) is 11.6 Å². The molecular formula is C12H7ClF3N5. The molecule has 0 saturated heterocycles. The fourth-order valence-electron chi connectivity index (χ4n) is 1.76. The zero-order valence-electron chi connectivity index (χ0n) is 10.2. The zero-order chi connectivity index (χ0) is 15.0. The topological polar surface area (TPSA) is 66.5 Å². The summed E-state index contributed by atoms with van der Waals surface area (Å²) in [5.74, 6) is -0.670. The normalized spacial score (nSPS) is 11.8. The Bertz CT molecular complexity index is 799. The maximum atomic E-state index is 12.6. The Labute approximate surface area is 121 Å². The monoisotopic (exact) mass is 313 g/mol. The highest BCUT2D eigenvalue weighted by atomic mass is 35.5. The number of anilines is 2. The van der Waals surface area contributed by atoms with Crippen LogP contribution in [-0.2, 0) is 6.18 Å². The smallest absolute Gasteiger partial charge is 0.339 e. The number of hydrogen-bond donors (Lipinski definition) is 2. The van der Waals surface area contributed by atoms with Crippen LogP contribution in [0.15, 0.2) is 30.7 Å². The van der Waals surface area contributed by atoms with Crippen LogP contribution in [0.1, 0.15) is 5.82 Å². The molecule has 2 N–H and O–H groups in total. The van der Waals surface area contributed by atoms with Gasteiger partial charge in [0.05, 0.1) is 17.2 Å². The molecule has 0 atom stereocenters. The minimum atomic E-state index is -4.51. The highest BCUT2D eigenvalue weighted by Crippen LogP contribution is 2.30. The van der Waals surface area contributed by atoms with E-state index in [-0.39, 0.29) is 11.0 Å². The van der Waals surface area contributed by atoms with Crippen LogP contribution in [0.25, 0.3) is 11.0 Å². The van der Waals surface area contributed by atoms with Crippen molar-refractivity contribution >= 4 is 34.1 Å². The molecule has 21 heavy (non-hydrogen) atoms. The molecule has 3 rings (SSSR count). The molecule has 3 aromatic rings. The van der Waals surface area contributed by atoms with Crippen molar-refractivity contribution in [2.24, 2.45) is 0 Å². The number of halogens is 4. The van der Waals surface area contributed by atoms with Gasteiger partial charge in [-0.05, 0) is 18.2 Å². The first-order valence-corrected chi connectivity index (χ1v) is 6.11. The molecule has 0 aliphatic rings. The third-order valence-corrected chi connectivity index (χ3v) is 2.96. The van der Waals surface area contributed by atoms with Crippen LogP contribution in [0, 0.1) is 0 Å². The fourth-order valence-corrected chi connectivity index (χ4v) is 1.92. The van der Waals surface area contributed by atoms with Crippen LogP contribution < -0.4 is 5.32 Å². The van der Waals surface area contributed by atoms with Gasteiger partial charge in [-0.25, -0.2) is 15.0 Å². The van der Waals surface area contributed by atoms with Gasteiger partial charge in [-0.15, -0.1) is 0 Å². The van der Waals surface area contributed by atoms with Crippen molar-refractivity contribution in [1.29, 1.82) is 0 Å². The van der Waals surface area contributed by atoms with Crippen molar-refractivity contribution < 1.29 is 13.2 Å². The van der Waals surface area contributed by atoms with Gasteiger partial charge in [0.25, 0.3) is 0 Å². The summed E-state index contributed by atoms with van der Waals surface area (Å²) >= 11 is 5.90. The van der Waals surface area contributed by atoms with Gasteiger partial charge in [-0.1, -0.05) is 11.6 Å². The molecule has 0 amide bonds. The van der Waals surface area contributed by atoms with E-state index in [2.05, 4.69) is 25.3 Å². The fraction of sp³-hybridized carbons (Fsp3) is 0.0833. The molecule has 9 heteroatoms. The number of hydrogen-bond acceptors (Lipinski definition) is 4. The van der Waals surface area contributed by atoms with Crippen molar-refractivity contribution in [3.8, 4) is 0 Å². The summed E-state index contributed by atoms with van der Waals surface area (Å²) in [6, 6.07) is 4.55. The van der Waals surface area contributed by atoms with Gasteiger partial charge in [0.2, 0.25) is 5.82 Å². The Hall–Kier alpha value is -2.35. The van der Waals surface area contributed by atoms with Gasteiger partial charge in [0, 0.05) is 5.69 Å². The molecule has 5 nitrogen and oxygen atoms in total. The lowest BCUT2D eigenvalue weighted by Crippen LogP contribution is -2.06. The number of fused-ring (bicyclic) bond motifs is 1. The molecular weight excluding hydrogens is 307 g/mol. The molecule has 1 aromatic carbocycles. The summed E-state index contributed by atoms with van der Waals surface area (Å²) in [7, 11) is 0. The highest BCUT2D eigenvalue weighted by Gasteiger charge is 2.34. The van der Waals surface area contributed by atoms with E-state index < -0.39 is 12.0 Å². The van der Waals surface area contributed by atoms with Crippen molar-refractivity contribution in [3.63, 3.8) is 0 Å². The lowest BCUT2D eigenvalue weighted by atomic mass is 10.3. The predicted molar refractivity (Wildman–Crippen MR) is 71.4 cm³/mol. The lowest BCUT2D eigenvalue weighted by Gasteiger charge is -2.06. The molecule has 0 bridgehead atoms. The van der Waals surface area contributed by atoms with Crippen LogP contribution in [0.4, 0.5) is 24.7 Å². The van der Waals surface area contributed by atoms with Crippen LogP contribution >= 0.6 is 11.6 Å². The maximum absolute atomic E-state index is 12.6. The Morgan fingerprint density at radius 2 is 2.05 bits per heavy atom. The quantitative estimate of drug-likeness (QED) is 0.756.